The number of nitrogens with one attached hydrogen (secondary N) is 1. The Labute approximate surface area is 218 Å². The lowest BCUT2D eigenvalue weighted by Gasteiger charge is -2.31. The predicted molar refractivity (Wildman–Crippen MR) is 135 cm³/mol. The number of amides is 2. The van der Waals surface area contributed by atoms with Gasteiger partial charge in [-0.3, -0.25) is 9.59 Å². The number of piperidine rings is 1. The minimum absolute atomic E-state index is 0.0273. The lowest BCUT2D eigenvalue weighted by Crippen LogP contribution is -2.38. The SMILES string of the molecule is O=C(Nc1ccc(-c2csnn2)cc1)c1csc(C2CCN(C(=O)c3ccccc3C(F)(F)F)CC2)n1. The Balaban J connectivity index is 1.19. The fraction of sp³-hybridized carbons (Fsp3) is 0.240. The van der Waals surface area contributed by atoms with Crippen molar-refractivity contribution >= 4 is 40.4 Å². The Kier molecular flexibility index (Phi) is 7.02. The molecule has 12 heteroatoms. The van der Waals surface area contributed by atoms with Crippen LogP contribution < -0.4 is 5.32 Å². The summed E-state index contributed by atoms with van der Waals surface area (Å²) in [7, 11) is 0. The number of likely N-dealkylation sites (tertiary alicyclic amines) is 1. The van der Waals surface area contributed by atoms with Crippen molar-refractivity contribution in [3.05, 3.63) is 81.1 Å². The van der Waals surface area contributed by atoms with E-state index in [4.69, 9.17) is 0 Å². The van der Waals surface area contributed by atoms with Gasteiger partial charge in [0.25, 0.3) is 11.8 Å². The van der Waals surface area contributed by atoms with Crippen LogP contribution in [0.5, 0.6) is 0 Å². The molecule has 5 rings (SSSR count). The van der Waals surface area contributed by atoms with E-state index in [1.165, 1.54) is 46.0 Å². The van der Waals surface area contributed by atoms with Crippen LogP contribution in [0.25, 0.3) is 11.3 Å². The summed E-state index contributed by atoms with van der Waals surface area (Å²) in [4.78, 5) is 31.5. The van der Waals surface area contributed by atoms with Crippen LogP contribution in [0.4, 0.5) is 18.9 Å². The number of nitrogens with zero attached hydrogens (tertiary/aromatic N) is 4. The summed E-state index contributed by atoms with van der Waals surface area (Å²) in [6, 6.07) is 12.1. The van der Waals surface area contributed by atoms with E-state index in [0.29, 0.717) is 37.3 Å². The van der Waals surface area contributed by atoms with E-state index in [9.17, 15) is 22.8 Å². The minimum atomic E-state index is -4.59. The average Bonchev–Trinajstić information content (AvgIpc) is 3.62. The first kappa shape index (κ1) is 25.0. The molecule has 0 aliphatic carbocycles. The maximum atomic E-state index is 13.3. The molecule has 1 aliphatic rings. The quantitative estimate of drug-likeness (QED) is 0.336. The molecule has 0 saturated carbocycles. The summed E-state index contributed by atoms with van der Waals surface area (Å²) in [6.07, 6.45) is -3.48. The van der Waals surface area contributed by atoms with E-state index in [1.807, 2.05) is 17.5 Å². The highest BCUT2D eigenvalue weighted by Crippen LogP contribution is 2.35. The fourth-order valence-electron chi connectivity index (χ4n) is 4.21. The molecule has 0 bridgehead atoms. The van der Waals surface area contributed by atoms with E-state index < -0.39 is 17.6 Å². The van der Waals surface area contributed by atoms with Crippen LogP contribution in [0.1, 0.15) is 50.2 Å². The molecule has 7 nitrogen and oxygen atoms in total. The molecule has 2 amide bonds. The Hall–Kier alpha value is -3.64. The van der Waals surface area contributed by atoms with E-state index in [1.54, 1.807) is 17.5 Å². The smallest absolute Gasteiger partial charge is 0.339 e. The van der Waals surface area contributed by atoms with Crippen molar-refractivity contribution in [1.29, 1.82) is 0 Å². The third-order valence-corrected chi connectivity index (χ3v) is 7.66. The summed E-state index contributed by atoms with van der Waals surface area (Å²) in [5.41, 5.74) is 1.33. The van der Waals surface area contributed by atoms with Crippen LogP contribution in [0.15, 0.2) is 59.3 Å². The first-order valence-electron chi connectivity index (χ1n) is 11.4. The molecule has 190 valence electrons. The van der Waals surface area contributed by atoms with Gasteiger partial charge in [0.2, 0.25) is 0 Å². The molecule has 0 atom stereocenters. The van der Waals surface area contributed by atoms with Gasteiger partial charge in [0.15, 0.2) is 0 Å². The molecule has 2 aromatic carbocycles. The van der Waals surface area contributed by atoms with Gasteiger partial charge < -0.3 is 10.2 Å². The van der Waals surface area contributed by atoms with Gasteiger partial charge in [0.05, 0.1) is 16.1 Å². The van der Waals surface area contributed by atoms with E-state index in [2.05, 4.69) is 19.9 Å². The van der Waals surface area contributed by atoms with Crippen LogP contribution >= 0.6 is 22.9 Å². The van der Waals surface area contributed by atoms with E-state index in [0.717, 1.165) is 22.3 Å². The standard InChI is InChI=1S/C25H20F3N5O2S2/c26-25(27,28)19-4-2-1-3-18(19)24(35)33-11-9-16(10-12-33)23-30-21(13-36-23)22(34)29-17-7-5-15(6-8-17)20-14-37-32-31-20/h1-8,13-14,16H,9-12H2,(H,29,34). The summed E-state index contributed by atoms with van der Waals surface area (Å²) in [5, 5.41) is 11.2. The molecule has 2 aromatic heterocycles. The maximum absolute atomic E-state index is 13.3. The Morgan fingerprint density at radius 2 is 1.73 bits per heavy atom. The van der Waals surface area contributed by atoms with Gasteiger partial charge in [-0.25, -0.2) is 4.98 Å². The molecule has 1 aliphatic heterocycles. The molecule has 0 spiro atoms. The average molecular weight is 544 g/mol. The molecule has 1 fully saturated rings. The largest absolute Gasteiger partial charge is 0.417 e. The number of hydrogen-bond acceptors (Lipinski definition) is 7. The van der Waals surface area contributed by atoms with Crippen molar-refractivity contribution in [3.8, 4) is 11.3 Å². The second-order valence-corrected chi connectivity index (χ2v) is 10.0. The Morgan fingerprint density at radius 3 is 2.41 bits per heavy atom. The van der Waals surface area contributed by atoms with Gasteiger partial charge in [0.1, 0.15) is 11.4 Å². The maximum Gasteiger partial charge on any atom is 0.417 e. The van der Waals surface area contributed by atoms with Gasteiger partial charge in [0, 0.05) is 41.0 Å². The van der Waals surface area contributed by atoms with Gasteiger partial charge in [-0.1, -0.05) is 28.8 Å². The topological polar surface area (TPSA) is 88.1 Å². The third-order valence-electron chi connectivity index (χ3n) is 6.15. The second kappa shape index (κ2) is 10.4. The van der Waals surface area contributed by atoms with Gasteiger partial charge in [-0.05, 0) is 48.6 Å². The summed E-state index contributed by atoms with van der Waals surface area (Å²) in [5.74, 6) is -0.927. The van der Waals surface area contributed by atoms with E-state index in [-0.39, 0.29) is 17.4 Å². The molecular formula is C25H20F3N5O2S2. The first-order valence-corrected chi connectivity index (χ1v) is 13.1. The van der Waals surface area contributed by atoms with Crippen molar-refractivity contribution in [2.45, 2.75) is 24.9 Å². The monoisotopic (exact) mass is 543 g/mol. The van der Waals surface area contributed by atoms with Crippen molar-refractivity contribution in [2.24, 2.45) is 0 Å². The number of hydrogen-bond donors (Lipinski definition) is 1. The van der Waals surface area contributed by atoms with Crippen LogP contribution in [0.2, 0.25) is 0 Å². The van der Waals surface area contributed by atoms with Crippen LogP contribution in [0, 0.1) is 0 Å². The number of thiazole rings is 1. The number of alkyl halides is 3. The van der Waals surface area contributed by atoms with Crippen molar-refractivity contribution in [3.63, 3.8) is 0 Å². The number of halogens is 3. The zero-order chi connectivity index (χ0) is 26.0. The zero-order valence-electron chi connectivity index (χ0n) is 19.2. The molecular weight excluding hydrogens is 523 g/mol. The van der Waals surface area contributed by atoms with E-state index >= 15 is 0 Å². The first-order chi connectivity index (χ1) is 17.8. The number of carbonyl (C=O) groups excluding carboxylic acids is 2. The molecule has 0 unspecified atom stereocenters. The Bertz CT molecular complexity index is 1400. The summed E-state index contributed by atoms with van der Waals surface area (Å²) < 4.78 is 43.8. The van der Waals surface area contributed by atoms with Gasteiger partial charge in [-0.15, -0.1) is 16.4 Å². The predicted octanol–water partition coefficient (Wildman–Crippen LogP) is 5.95. The van der Waals surface area contributed by atoms with Crippen molar-refractivity contribution in [2.75, 3.05) is 18.4 Å². The number of carbonyl (C=O) groups is 2. The second-order valence-electron chi connectivity index (χ2n) is 8.50. The number of aromatic nitrogens is 3. The highest BCUT2D eigenvalue weighted by Gasteiger charge is 2.36. The molecule has 1 saturated heterocycles. The van der Waals surface area contributed by atoms with Gasteiger partial charge in [-0.2, -0.15) is 13.2 Å². The zero-order valence-corrected chi connectivity index (χ0v) is 20.9. The van der Waals surface area contributed by atoms with Gasteiger partial charge >= 0.3 is 6.18 Å². The normalized spacial score (nSPS) is 14.5. The Morgan fingerprint density at radius 1 is 1.00 bits per heavy atom. The fourth-order valence-corrected chi connectivity index (χ4v) is 5.64. The number of rotatable bonds is 5. The number of benzene rings is 2. The minimum Gasteiger partial charge on any atom is -0.339 e. The molecule has 4 aromatic rings. The third kappa shape index (κ3) is 5.54. The van der Waals surface area contributed by atoms with Crippen molar-refractivity contribution in [1.82, 2.24) is 19.5 Å². The molecule has 1 N–H and O–H groups in total. The highest BCUT2D eigenvalue weighted by atomic mass is 32.1. The molecule has 0 radical (unpaired) electrons. The number of anilines is 1. The summed E-state index contributed by atoms with van der Waals surface area (Å²) in [6.45, 7) is 0.634. The molecule has 3 heterocycles. The summed E-state index contributed by atoms with van der Waals surface area (Å²) >= 11 is 2.63. The van der Waals surface area contributed by atoms with Crippen LogP contribution in [0.3, 0.4) is 0 Å². The lowest BCUT2D eigenvalue weighted by atomic mass is 9.96. The lowest BCUT2D eigenvalue weighted by molar-refractivity contribution is -0.138. The van der Waals surface area contributed by atoms with Crippen molar-refractivity contribution < 1.29 is 22.8 Å². The van der Waals surface area contributed by atoms with Crippen LogP contribution in [-0.2, 0) is 6.18 Å². The highest BCUT2D eigenvalue weighted by molar-refractivity contribution is 7.10. The van der Waals surface area contributed by atoms with Crippen LogP contribution in [-0.4, -0.2) is 44.4 Å². The molecule has 37 heavy (non-hydrogen) atoms.